The summed E-state index contributed by atoms with van der Waals surface area (Å²) in [7, 11) is 1.36. The maximum atomic E-state index is 14.3. The lowest BCUT2D eigenvalue weighted by molar-refractivity contribution is 0.0700. The Labute approximate surface area is 190 Å². The maximum absolute atomic E-state index is 14.3. The van der Waals surface area contributed by atoms with Gasteiger partial charge in [0.25, 0.3) is 0 Å². The van der Waals surface area contributed by atoms with E-state index in [1.165, 1.54) is 30.8 Å². The average Bonchev–Trinajstić information content (AvgIpc) is 3.09. The fraction of sp³-hybridized carbons (Fsp3) is 0.273. The normalized spacial score (nSPS) is 11.6. The third kappa shape index (κ3) is 4.54. The number of hydrogen-bond acceptors (Lipinski definition) is 5. The van der Waals surface area contributed by atoms with Crippen molar-refractivity contribution in [1.29, 1.82) is 0 Å². The number of aromatic nitrogens is 2. The molecule has 0 saturated heterocycles. The number of hydrogen-bond donors (Lipinski definition) is 0. The van der Waals surface area contributed by atoms with Gasteiger partial charge in [0.2, 0.25) is 11.7 Å². The lowest BCUT2D eigenvalue weighted by Crippen LogP contribution is -2.25. The molecule has 0 amide bonds. The van der Waals surface area contributed by atoms with E-state index < -0.39 is 45.5 Å². The summed E-state index contributed by atoms with van der Waals surface area (Å²) in [6.07, 6.45) is 0. The van der Waals surface area contributed by atoms with Crippen LogP contribution in [0, 0.1) is 36.0 Å². The molecule has 0 saturated carbocycles. The van der Waals surface area contributed by atoms with Crippen molar-refractivity contribution in [2.75, 3.05) is 7.11 Å². The molecule has 0 aliphatic heterocycles. The van der Waals surface area contributed by atoms with Gasteiger partial charge in [0, 0.05) is 0 Å². The smallest absolute Gasteiger partial charge is 0.348 e. The minimum atomic E-state index is -2.26. The fourth-order valence-electron chi connectivity index (χ4n) is 2.89. The van der Waals surface area contributed by atoms with E-state index in [2.05, 4.69) is 5.10 Å². The van der Waals surface area contributed by atoms with Gasteiger partial charge in [-0.05, 0) is 39.8 Å². The van der Waals surface area contributed by atoms with Crippen molar-refractivity contribution < 1.29 is 36.2 Å². The summed E-state index contributed by atoms with van der Waals surface area (Å²) in [6.45, 7) is 6.64. The molecule has 1 heterocycles. The first kappa shape index (κ1) is 24.6. The SMILES string of the molecule is COc1ccccc1C(=O)Oc1c(Sc2c(F)c(F)c(F)c(F)c2F)c(C)nn1C(C)(C)C. The number of carbonyl (C=O) groups is 1. The van der Waals surface area contributed by atoms with Crippen LogP contribution in [0.1, 0.15) is 36.8 Å². The number of rotatable bonds is 5. The summed E-state index contributed by atoms with van der Waals surface area (Å²) < 4.78 is 81.5. The van der Waals surface area contributed by atoms with Gasteiger partial charge in [0.05, 0.1) is 28.1 Å². The Bertz CT molecular complexity index is 1210. The third-order valence-electron chi connectivity index (χ3n) is 4.49. The van der Waals surface area contributed by atoms with E-state index in [1.807, 2.05) is 0 Å². The number of carbonyl (C=O) groups excluding carboxylic acids is 1. The van der Waals surface area contributed by atoms with E-state index in [0.29, 0.717) is 0 Å². The second-order valence-electron chi connectivity index (χ2n) is 7.89. The molecule has 0 spiro atoms. The van der Waals surface area contributed by atoms with Crippen LogP contribution in [-0.4, -0.2) is 22.9 Å². The zero-order valence-electron chi connectivity index (χ0n) is 18.2. The van der Waals surface area contributed by atoms with Crippen molar-refractivity contribution in [2.24, 2.45) is 0 Å². The van der Waals surface area contributed by atoms with Crippen molar-refractivity contribution in [3.05, 3.63) is 64.6 Å². The van der Waals surface area contributed by atoms with Crippen molar-refractivity contribution in [3.63, 3.8) is 0 Å². The molecule has 0 unspecified atom stereocenters. The molecule has 1 aromatic heterocycles. The quantitative estimate of drug-likeness (QED) is 0.191. The molecule has 0 aliphatic carbocycles. The summed E-state index contributed by atoms with van der Waals surface area (Å²) in [6, 6.07) is 6.20. The van der Waals surface area contributed by atoms with Gasteiger partial charge in [-0.1, -0.05) is 23.9 Å². The van der Waals surface area contributed by atoms with Crippen LogP contribution in [0.5, 0.6) is 11.6 Å². The van der Waals surface area contributed by atoms with Crippen molar-refractivity contribution >= 4 is 17.7 Å². The molecule has 176 valence electrons. The molecule has 0 radical (unpaired) electrons. The molecular weight excluding hydrogens is 467 g/mol. The molecule has 0 bridgehead atoms. The van der Waals surface area contributed by atoms with Gasteiger partial charge in [0.1, 0.15) is 11.3 Å². The van der Waals surface area contributed by atoms with Crippen LogP contribution in [0.2, 0.25) is 0 Å². The molecule has 0 atom stereocenters. The maximum Gasteiger partial charge on any atom is 0.348 e. The Balaban J connectivity index is 2.15. The summed E-state index contributed by atoms with van der Waals surface area (Å²) in [5.41, 5.74) is -0.552. The Hall–Kier alpha value is -3.08. The predicted octanol–water partition coefficient (Wildman–Crippen LogP) is 6.02. The number of para-hydroxylation sites is 1. The highest BCUT2D eigenvalue weighted by Gasteiger charge is 2.32. The van der Waals surface area contributed by atoms with E-state index in [-0.39, 0.29) is 39.5 Å². The van der Waals surface area contributed by atoms with Gasteiger partial charge in [0.15, 0.2) is 23.3 Å². The van der Waals surface area contributed by atoms with Gasteiger partial charge >= 0.3 is 5.97 Å². The first-order chi connectivity index (χ1) is 15.4. The van der Waals surface area contributed by atoms with Gasteiger partial charge in [-0.2, -0.15) is 5.10 Å². The number of ether oxygens (including phenoxy) is 2. The Morgan fingerprint density at radius 2 is 1.48 bits per heavy atom. The lowest BCUT2D eigenvalue weighted by atomic mass is 10.1. The van der Waals surface area contributed by atoms with Crippen molar-refractivity contribution in [1.82, 2.24) is 9.78 Å². The first-order valence-electron chi connectivity index (χ1n) is 9.53. The van der Waals surface area contributed by atoms with Crippen LogP contribution < -0.4 is 9.47 Å². The fourth-order valence-corrected chi connectivity index (χ4v) is 3.85. The molecule has 0 N–H and O–H groups in total. The molecule has 2 aromatic carbocycles. The number of nitrogens with zero attached hydrogens (tertiary/aromatic N) is 2. The van der Waals surface area contributed by atoms with Gasteiger partial charge in [-0.25, -0.2) is 31.4 Å². The Kier molecular flexibility index (Phi) is 6.73. The average molecular weight is 486 g/mol. The standard InChI is InChI=1S/C22H19F5N2O3S/c1-10-18(33-19-16(26)14(24)13(23)15(25)17(19)27)20(29(28-10)22(2,3)4)32-21(30)11-8-6-7-9-12(11)31-5/h6-9H,1-5H3. The highest BCUT2D eigenvalue weighted by molar-refractivity contribution is 7.99. The largest absolute Gasteiger partial charge is 0.496 e. The van der Waals surface area contributed by atoms with Crippen molar-refractivity contribution in [3.8, 4) is 11.6 Å². The van der Waals surface area contributed by atoms with Crippen LogP contribution in [0.3, 0.4) is 0 Å². The van der Waals surface area contributed by atoms with Gasteiger partial charge in [-0.15, -0.1) is 0 Å². The molecule has 5 nitrogen and oxygen atoms in total. The zero-order chi connectivity index (χ0) is 24.7. The van der Waals surface area contributed by atoms with Crippen LogP contribution in [0.4, 0.5) is 22.0 Å². The second kappa shape index (κ2) is 9.05. The minimum absolute atomic E-state index is 0.0616. The van der Waals surface area contributed by atoms with E-state index in [4.69, 9.17) is 9.47 Å². The second-order valence-corrected chi connectivity index (χ2v) is 8.91. The molecule has 0 fully saturated rings. The number of esters is 1. The van der Waals surface area contributed by atoms with E-state index in [9.17, 15) is 26.7 Å². The van der Waals surface area contributed by atoms with Crippen LogP contribution in [-0.2, 0) is 5.54 Å². The highest BCUT2D eigenvalue weighted by Crippen LogP contribution is 2.43. The van der Waals surface area contributed by atoms with E-state index >= 15 is 0 Å². The minimum Gasteiger partial charge on any atom is -0.496 e. The summed E-state index contributed by atoms with van der Waals surface area (Å²) in [5.74, 6) is -11.3. The summed E-state index contributed by atoms with van der Waals surface area (Å²) in [4.78, 5) is 11.7. The molecule has 3 aromatic rings. The lowest BCUT2D eigenvalue weighted by Gasteiger charge is -2.22. The van der Waals surface area contributed by atoms with Gasteiger partial charge < -0.3 is 9.47 Å². The molecule has 3 rings (SSSR count). The van der Waals surface area contributed by atoms with Crippen molar-refractivity contribution in [2.45, 2.75) is 43.0 Å². The third-order valence-corrected chi connectivity index (χ3v) is 5.73. The van der Waals surface area contributed by atoms with Gasteiger partial charge in [-0.3, -0.25) is 0 Å². The molecular formula is C22H19F5N2O3S. The number of aryl methyl sites for hydroxylation is 1. The van der Waals surface area contributed by atoms with E-state index in [1.54, 1.807) is 32.9 Å². The summed E-state index contributed by atoms with van der Waals surface area (Å²) in [5, 5.41) is 4.27. The monoisotopic (exact) mass is 486 g/mol. The number of halogens is 5. The molecule has 33 heavy (non-hydrogen) atoms. The Morgan fingerprint density at radius 1 is 0.939 bits per heavy atom. The predicted molar refractivity (Wildman–Crippen MR) is 110 cm³/mol. The zero-order valence-corrected chi connectivity index (χ0v) is 19.0. The Morgan fingerprint density at radius 3 is 2.03 bits per heavy atom. The molecule has 0 aliphatic rings. The summed E-state index contributed by atoms with van der Waals surface area (Å²) >= 11 is 0.227. The molecule has 11 heteroatoms. The van der Waals surface area contributed by atoms with Crippen LogP contribution in [0.15, 0.2) is 34.1 Å². The van der Waals surface area contributed by atoms with Crippen LogP contribution in [0.25, 0.3) is 0 Å². The first-order valence-corrected chi connectivity index (χ1v) is 10.3. The van der Waals surface area contributed by atoms with E-state index in [0.717, 1.165) is 0 Å². The highest BCUT2D eigenvalue weighted by atomic mass is 32.2. The number of methoxy groups -OCH3 is 1. The topological polar surface area (TPSA) is 53.4 Å². The number of benzene rings is 2. The van der Waals surface area contributed by atoms with Crippen LogP contribution >= 0.6 is 11.8 Å².